The number of carbonyl (C=O) groups excluding carboxylic acids is 1. The van der Waals surface area contributed by atoms with Crippen molar-refractivity contribution < 1.29 is 4.79 Å². The van der Waals surface area contributed by atoms with Crippen LogP contribution in [0, 0.1) is 5.92 Å². The standard InChI is InChI=1S/C14H28N4O.HI/c1-3-4-5-6-9-17-14(15-2)18-11-10-16-13(19)12-7-8-12;/h12H,3-11H2,1-2H3,(H,16,19)(H2,15,17,18);1H. The maximum Gasteiger partial charge on any atom is 0.223 e. The Labute approximate surface area is 139 Å². The number of amides is 1. The fraction of sp³-hybridized carbons (Fsp3) is 0.857. The molecule has 0 atom stereocenters. The molecule has 0 aromatic rings. The van der Waals surface area contributed by atoms with Crippen LogP contribution in [-0.4, -0.2) is 38.5 Å². The van der Waals surface area contributed by atoms with Crippen LogP contribution in [0.3, 0.4) is 0 Å². The number of unbranched alkanes of at least 4 members (excludes halogenated alkanes) is 3. The van der Waals surface area contributed by atoms with Gasteiger partial charge in [0.2, 0.25) is 5.91 Å². The van der Waals surface area contributed by atoms with Crippen LogP contribution in [-0.2, 0) is 4.79 Å². The van der Waals surface area contributed by atoms with Crippen molar-refractivity contribution in [3.63, 3.8) is 0 Å². The second-order valence-electron chi connectivity index (χ2n) is 5.05. The second-order valence-corrected chi connectivity index (χ2v) is 5.05. The molecule has 1 saturated carbocycles. The highest BCUT2D eigenvalue weighted by Crippen LogP contribution is 2.28. The van der Waals surface area contributed by atoms with Crippen molar-refractivity contribution in [2.75, 3.05) is 26.7 Å². The largest absolute Gasteiger partial charge is 0.356 e. The minimum atomic E-state index is 0. The molecule has 5 nitrogen and oxygen atoms in total. The first-order valence-electron chi connectivity index (χ1n) is 7.50. The van der Waals surface area contributed by atoms with Gasteiger partial charge in [-0.1, -0.05) is 26.2 Å². The Balaban J connectivity index is 0.00000361. The molecule has 0 aromatic carbocycles. The van der Waals surface area contributed by atoms with Gasteiger partial charge in [0.05, 0.1) is 0 Å². The van der Waals surface area contributed by atoms with Crippen molar-refractivity contribution in [1.82, 2.24) is 16.0 Å². The predicted molar refractivity (Wildman–Crippen MR) is 94.7 cm³/mol. The summed E-state index contributed by atoms with van der Waals surface area (Å²) in [5.74, 6) is 1.30. The van der Waals surface area contributed by atoms with Crippen LogP contribution >= 0.6 is 24.0 Å². The lowest BCUT2D eigenvalue weighted by Gasteiger charge is -2.12. The fourth-order valence-corrected chi connectivity index (χ4v) is 1.84. The van der Waals surface area contributed by atoms with E-state index in [9.17, 15) is 4.79 Å². The Bertz CT molecular complexity index is 293. The molecule has 0 unspecified atom stereocenters. The molecule has 0 radical (unpaired) electrons. The van der Waals surface area contributed by atoms with E-state index < -0.39 is 0 Å². The SMILES string of the molecule is CCCCCCNC(=NC)NCCNC(=O)C1CC1.I. The molecule has 20 heavy (non-hydrogen) atoms. The quantitative estimate of drug-likeness (QED) is 0.241. The highest BCUT2D eigenvalue weighted by Gasteiger charge is 2.28. The minimum absolute atomic E-state index is 0. The fourth-order valence-electron chi connectivity index (χ4n) is 1.84. The van der Waals surface area contributed by atoms with Gasteiger partial charge in [0.15, 0.2) is 5.96 Å². The van der Waals surface area contributed by atoms with Crippen LogP contribution in [0.25, 0.3) is 0 Å². The molecule has 1 amide bonds. The molecule has 0 saturated heterocycles. The predicted octanol–water partition coefficient (Wildman–Crippen LogP) is 1.88. The van der Waals surface area contributed by atoms with E-state index in [0.29, 0.717) is 13.1 Å². The van der Waals surface area contributed by atoms with E-state index in [0.717, 1.165) is 25.3 Å². The number of rotatable bonds is 9. The van der Waals surface area contributed by atoms with E-state index >= 15 is 0 Å². The first-order valence-corrected chi connectivity index (χ1v) is 7.50. The summed E-state index contributed by atoms with van der Waals surface area (Å²) < 4.78 is 0. The third-order valence-corrected chi connectivity index (χ3v) is 3.21. The van der Waals surface area contributed by atoms with E-state index in [2.05, 4.69) is 27.9 Å². The summed E-state index contributed by atoms with van der Waals surface area (Å²) >= 11 is 0. The number of halogens is 1. The number of nitrogens with one attached hydrogen (secondary N) is 3. The topological polar surface area (TPSA) is 65.5 Å². The van der Waals surface area contributed by atoms with Gasteiger partial charge in [-0.3, -0.25) is 9.79 Å². The van der Waals surface area contributed by atoms with E-state index in [4.69, 9.17) is 0 Å². The molecule has 1 aliphatic rings. The van der Waals surface area contributed by atoms with Crippen molar-refractivity contribution in [1.29, 1.82) is 0 Å². The van der Waals surface area contributed by atoms with Gasteiger partial charge >= 0.3 is 0 Å². The second kappa shape index (κ2) is 12.2. The Morgan fingerprint density at radius 2 is 1.70 bits per heavy atom. The lowest BCUT2D eigenvalue weighted by atomic mass is 10.2. The summed E-state index contributed by atoms with van der Waals surface area (Å²) in [5, 5.41) is 9.40. The Morgan fingerprint density at radius 1 is 1.05 bits per heavy atom. The molecule has 0 bridgehead atoms. The number of guanidine groups is 1. The number of nitrogens with zero attached hydrogens (tertiary/aromatic N) is 1. The van der Waals surface area contributed by atoms with Gasteiger partial charge in [0.25, 0.3) is 0 Å². The third kappa shape index (κ3) is 9.39. The van der Waals surface area contributed by atoms with Gasteiger partial charge in [-0.25, -0.2) is 0 Å². The van der Waals surface area contributed by atoms with Gasteiger partial charge < -0.3 is 16.0 Å². The zero-order valence-electron chi connectivity index (χ0n) is 12.7. The van der Waals surface area contributed by atoms with Crippen molar-refractivity contribution in [2.45, 2.75) is 45.4 Å². The van der Waals surface area contributed by atoms with Gasteiger partial charge in [-0.15, -0.1) is 24.0 Å². The summed E-state index contributed by atoms with van der Waals surface area (Å²) in [6.45, 7) is 4.54. The highest BCUT2D eigenvalue weighted by molar-refractivity contribution is 14.0. The van der Waals surface area contributed by atoms with Crippen LogP contribution in [0.4, 0.5) is 0 Å². The monoisotopic (exact) mass is 396 g/mol. The molecule has 0 aromatic heterocycles. The summed E-state index contributed by atoms with van der Waals surface area (Å²) in [6, 6.07) is 0. The first kappa shape index (κ1) is 19.5. The first-order chi connectivity index (χ1) is 9.27. The van der Waals surface area contributed by atoms with Gasteiger partial charge in [-0.2, -0.15) is 0 Å². The van der Waals surface area contributed by atoms with Crippen molar-refractivity contribution in [3.8, 4) is 0 Å². The van der Waals surface area contributed by atoms with E-state index in [1.54, 1.807) is 7.05 Å². The van der Waals surface area contributed by atoms with Crippen LogP contribution in [0.15, 0.2) is 4.99 Å². The number of hydrogen-bond acceptors (Lipinski definition) is 2. The van der Waals surface area contributed by atoms with E-state index in [-0.39, 0.29) is 35.8 Å². The third-order valence-electron chi connectivity index (χ3n) is 3.21. The molecule has 0 aliphatic heterocycles. The number of carbonyl (C=O) groups is 1. The summed E-state index contributed by atoms with van der Waals surface area (Å²) in [6.07, 6.45) is 7.10. The van der Waals surface area contributed by atoms with Crippen molar-refractivity contribution >= 4 is 35.8 Å². The molecule has 3 N–H and O–H groups in total. The molecule has 118 valence electrons. The lowest BCUT2D eigenvalue weighted by molar-refractivity contribution is -0.122. The molecule has 1 aliphatic carbocycles. The van der Waals surface area contributed by atoms with Gasteiger partial charge in [0, 0.05) is 32.6 Å². The van der Waals surface area contributed by atoms with Gasteiger partial charge in [0.1, 0.15) is 0 Å². The molecule has 0 spiro atoms. The lowest BCUT2D eigenvalue weighted by Crippen LogP contribution is -2.42. The number of hydrogen-bond donors (Lipinski definition) is 3. The molecule has 0 heterocycles. The normalized spacial score (nSPS) is 14.4. The average molecular weight is 396 g/mol. The molecule has 6 heteroatoms. The van der Waals surface area contributed by atoms with Crippen LogP contribution < -0.4 is 16.0 Å². The van der Waals surface area contributed by atoms with Crippen LogP contribution in [0.5, 0.6) is 0 Å². The maximum absolute atomic E-state index is 11.4. The summed E-state index contributed by atoms with van der Waals surface area (Å²) in [7, 11) is 1.77. The van der Waals surface area contributed by atoms with E-state index in [1.165, 1.54) is 25.7 Å². The van der Waals surface area contributed by atoms with Gasteiger partial charge in [-0.05, 0) is 19.3 Å². The Morgan fingerprint density at radius 3 is 2.30 bits per heavy atom. The Kier molecular flexibility index (Phi) is 11.9. The van der Waals surface area contributed by atoms with Crippen LogP contribution in [0.2, 0.25) is 0 Å². The maximum atomic E-state index is 11.4. The van der Waals surface area contributed by atoms with Crippen molar-refractivity contribution in [3.05, 3.63) is 0 Å². The van der Waals surface area contributed by atoms with Crippen LogP contribution in [0.1, 0.15) is 45.4 Å². The van der Waals surface area contributed by atoms with Crippen molar-refractivity contribution in [2.24, 2.45) is 10.9 Å². The molecular formula is C14H29IN4O. The van der Waals surface area contributed by atoms with E-state index in [1.807, 2.05) is 0 Å². The smallest absolute Gasteiger partial charge is 0.223 e. The zero-order valence-corrected chi connectivity index (χ0v) is 15.0. The number of aliphatic imine (C=N–C) groups is 1. The zero-order chi connectivity index (χ0) is 13.9. The molecule has 1 fully saturated rings. The summed E-state index contributed by atoms with van der Waals surface area (Å²) in [5.41, 5.74) is 0. The Hall–Kier alpha value is -0.530. The molecular weight excluding hydrogens is 367 g/mol. The minimum Gasteiger partial charge on any atom is -0.356 e. The summed E-state index contributed by atoms with van der Waals surface area (Å²) in [4.78, 5) is 15.6. The molecule has 1 rings (SSSR count). The highest BCUT2D eigenvalue weighted by atomic mass is 127. The average Bonchev–Trinajstić information content (AvgIpc) is 3.25.